The standard InChI is InChI=1S/C16H19N3O2/c1-19-9-8-12(18-19)6-7-15(21)17-16-13-5-3-2-4-11(13)10-14(16)20/h2-5,8-9,14,16,20H,6-7,10H2,1H3,(H,17,21)/t14-,16+/m0/s1. The number of nitrogens with one attached hydrogen (secondary N) is 1. The number of carbonyl (C=O) groups excluding carboxylic acids is 1. The molecule has 110 valence electrons. The summed E-state index contributed by atoms with van der Waals surface area (Å²) in [7, 11) is 1.86. The largest absolute Gasteiger partial charge is 0.390 e. The number of fused-ring (bicyclic) bond motifs is 1. The molecule has 1 amide bonds. The topological polar surface area (TPSA) is 67.2 Å². The van der Waals surface area contributed by atoms with Crippen molar-refractivity contribution in [2.24, 2.45) is 7.05 Å². The molecule has 2 aromatic rings. The van der Waals surface area contributed by atoms with Gasteiger partial charge in [-0.25, -0.2) is 0 Å². The number of aliphatic hydroxyl groups is 1. The van der Waals surface area contributed by atoms with Crippen molar-refractivity contribution in [1.29, 1.82) is 0 Å². The van der Waals surface area contributed by atoms with Crippen LogP contribution in [0.2, 0.25) is 0 Å². The first-order valence-corrected chi connectivity index (χ1v) is 7.17. The van der Waals surface area contributed by atoms with Crippen molar-refractivity contribution in [1.82, 2.24) is 15.1 Å². The van der Waals surface area contributed by atoms with E-state index in [1.54, 1.807) is 4.68 Å². The van der Waals surface area contributed by atoms with E-state index in [-0.39, 0.29) is 11.9 Å². The van der Waals surface area contributed by atoms with Crippen LogP contribution in [0.5, 0.6) is 0 Å². The Bertz CT molecular complexity index is 650. The highest BCUT2D eigenvalue weighted by Crippen LogP contribution is 2.31. The van der Waals surface area contributed by atoms with Crippen LogP contribution in [0.1, 0.15) is 29.3 Å². The lowest BCUT2D eigenvalue weighted by atomic mass is 10.1. The maximum Gasteiger partial charge on any atom is 0.220 e. The van der Waals surface area contributed by atoms with Crippen LogP contribution in [0.3, 0.4) is 0 Å². The van der Waals surface area contributed by atoms with Gasteiger partial charge in [0.15, 0.2) is 0 Å². The van der Waals surface area contributed by atoms with Crippen LogP contribution in [0.15, 0.2) is 36.5 Å². The van der Waals surface area contributed by atoms with Gasteiger partial charge in [-0.05, 0) is 17.2 Å². The number of carbonyl (C=O) groups is 1. The van der Waals surface area contributed by atoms with E-state index in [1.165, 1.54) is 0 Å². The summed E-state index contributed by atoms with van der Waals surface area (Å²) in [5.41, 5.74) is 3.04. The zero-order chi connectivity index (χ0) is 14.8. The predicted molar refractivity (Wildman–Crippen MR) is 78.6 cm³/mol. The molecule has 3 rings (SSSR count). The minimum atomic E-state index is -0.541. The Morgan fingerprint density at radius 2 is 2.24 bits per heavy atom. The van der Waals surface area contributed by atoms with Crippen molar-refractivity contribution in [3.8, 4) is 0 Å². The highest BCUT2D eigenvalue weighted by Gasteiger charge is 2.31. The fourth-order valence-corrected chi connectivity index (χ4v) is 2.83. The third-order valence-corrected chi connectivity index (χ3v) is 3.90. The lowest BCUT2D eigenvalue weighted by molar-refractivity contribution is -0.122. The van der Waals surface area contributed by atoms with Crippen LogP contribution in [0.25, 0.3) is 0 Å². The van der Waals surface area contributed by atoms with Gasteiger partial charge in [-0.15, -0.1) is 0 Å². The summed E-state index contributed by atoms with van der Waals surface area (Å²) in [6.45, 7) is 0. The van der Waals surface area contributed by atoms with Crippen molar-refractivity contribution in [3.05, 3.63) is 53.3 Å². The van der Waals surface area contributed by atoms with E-state index in [0.717, 1.165) is 16.8 Å². The smallest absolute Gasteiger partial charge is 0.220 e. The molecule has 0 fully saturated rings. The monoisotopic (exact) mass is 285 g/mol. The molecule has 1 aromatic carbocycles. The first-order valence-electron chi connectivity index (χ1n) is 7.17. The molecule has 1 aliphatic rings. The number of amides is 1. The molecular weight excluding hydrogens is 266 g/mol. The second kappa shape index (κ2) is 5.69. The van der Waals surface area contributed by atoms with Gasteiger partial charge in [-0.1, -0.05) is 24.3 Å². The number of aryl methyl sites for hydroxylation is 2. The molecule has 1 aliphatic carbocycles. The minimum Gasteiger partial charge on any atom is -0.390 e. The van der Waals surface area contributed by atoms with Gasteiger partial charge in [0, 0.05) is 32.5 Å². The summed E-state index contributed by atoms with van der Waals surface area (Å²) in [5.74, 6) is -0.0543. The van der Waals surface area contributed by atoms with E-state index < -0.39 is 6.10 Å². The van der Waals surface area contributed by atoms with Crippen LogP contribution < -0.4 is 5.32 Å². The molecule has 2 N–H and O–H groups in total. The Hall–Kier alpha value is -2.14. The average molecular weight is 285 g/mol. The van der Waals surface area contributed by atoms with Gasteiger partial charge in [-0.2, -0.15) is 5.10 Å². The Balaban J connectivity index is 1.60. The molecule has 0 radical (unpaired) electrons. The summed E-state index contributed by atoms with van der Waals surface area (Å²) in [6.07, 6.45) is 2.91. The molecule has 21 heavy (non-hydrogen) atoms. The van der Waals surface area contributed by atoms with Gasteiger partial charge in [0.05, 0.1) is 17.8 Å². The lowest BCUT2D eigenvalue weighted by Gasteiger charge is -2.17. The van der Waals surface area contributed by atoms with E-state index >= 15 is 0 Å². The van der Waals surface area contributed by atoms with Gasteiger partial charge in [0.2, 0.25) is 5.91 Å². The fraction of sp³-hybridized carbons (Fsp3) is 0.375. The Morgan fingerprint density at radius 3 is 3.00 bits per heavy atom. The van der Waals surface area contributed by atoms with Crippen LogP contribution in [-0.4, -0.2) is 26.9 Å². The molecule has 1 heterocycles. The molecular formula is C16H19N3O2. The van der Waals surface area contributed by atoms with Crippen molar-refractivity contribution < 1.29 is 9.90 Å². The molecule has 2 atom stereocenters. The SMILES string of the molecule is Cn1ccc(CCC(=O)N[C@@H]2c3ccccc3C[C@@H]2O)n1. The number of hydrogen-bond acceptors (Lipinski definition) is 3. The van der Waals surface area contributed by atoms with Gasteiger partial charge in [0.1, 0.15) is 0 Å². The summed E-state index contributed by atoms with van der Waals surface area (Å²) >= 11 is 0. The molecule has 5 heteroatoms. The van der Waals surface area contributed by atoms with E-state index in [1.807, 2.05) is 43.6 Å². The number of aliphatic hydroxyl groups excluding tert-OH is 1. The first kappa shape index (κ1) is 13.8. The minimum absolute atomic E-state index is 0.0543. The summed E-state index contributed by atoms with van der Waals surface area (Å²) < 4.78 is 1.73. The van der Waals surface area contributed by atoms with Gasteiger partial charge in [0.25, 0.3) is 0 Å². The van der Waals surface area contributed by atoms with Crippen LogP contribution in [0.4, 0.5) is 0 Å². The Kier molecular flexibility index (Phi) is 3.75. The molecule has 0 saturated heterocycles. The van der Waals surface area contributed by atoms with Crippen LogP contribution >= 0.6 is 0 Å². The van der Waals surface area contributed by atoms with Crippen molar-refractivity contribution >= 4 is 5.91 Å². The Morgan fingerprint density at radius 1 is 1.43 bits per heavy atom. The molecule has 0 spiro atoms. The number of aromatic nitrogens is 2. The third-order valence-electron chi connectivity index (χ3n) is 3.90. The summed E-state index contributed by atoms with van der Waals surface area (Å²) in [5, 5.41) is 17.3. The average Bonchev–Trinajstić information content (AvgIpc) is 3.01. The molecule has 1 aromatic heterocycles. The number of nitrogens with zero attached hydrogens (tertiary/aromatic N) is 2. The maximum atomic E-state index is 12.1. The highest BCUT2D eigenvalue weighted by atomic mass is 16.3. The molecule has 0 bridgehead atoms. The Labute approximate surface area is 123 Å². The first-order chi connectivity index (χ1) is 10.1. The van der Waals surface area contributed by atoms with Crippen molar-refractivity contribution in [3.63, 3.8) is 0 Å². The number of benzene rings is 1. The normalized spacial score (nSPS) is 20.3. The van der Waals surface area contributed by atoms with E-state index in [2.05, 4.69) is 10.4 Å². The molecule has 0 saturated carbocycles. The van der Waals surface area contributed by atoms with Crippen LogP contribution in [-0.2, 0) is 24.7 Å². The van der Waals surface area contributed by atoms with E-state index in [0.29, 0.717) is 19.3 Å². The zero-order valence-electron chi connectivity index (χ0n) is 12.0. The predicted octanol–water partition coefficient (Wildman–Crippen LogP) is 1.13. The highest BCUT2D eigenvalue weighted by molar-refractivity contribution is 5.77. The second-order valence-electron chi connectivity index (χ2n) is 5.50. The molecule has 0 unspecified atom stereocenters. The number of rotatable bonds is 4. The van der Waals surface area contributed by atoms with Gasteiger partial charge < -0.3 is 10.4 Å². The van der Waals surface area contributed by atoms with E-state index in [4.69, 9.17) is 0 Å². The zero-order valence-corrected chi connectivity index (χ0v) is 12.0. The quantitative estimate of drug-likeness (QED) is 0.885. The summed E-state index contributed by atoms with van der Waals surface area (Å²) in [4.78, 5) is 12.1. The number of hydrogen-bond donors (Lipinski definition) is 2. The van der Waals surface area contributed by atoms with E-state index in [9.17, 15) is 9.90 Å². The van der Waals surface area contributed by atoms with Crippen molar-refractivity contribution in [2.75, 3.05) is 0 Å². The van der Waals surface area contributed by atoms with Gasteiger partial charge in [-0.3, -0.25) is 9.48 Å². The van der Waals surface area contributed by atoms with Gasteiger partial charge >= 0.3 is 0 Å². The lowest BCUT2D eigenvalue weighted by Crippen LogP contribution is -2.34. The molecule has 5 nitrogen and oxygen atoms in total. The third kappa shape index (κ3) is 2.97. The summed E-state index contributed by atoms with van der Waals surface area (Å²) in [6, 6.07) is 9.47. The second-order valence-corrected chi connectivity index (χ2v) is 5.50. The van der Waals surface area contributed by atoms with Crippen molar-refractivity contribution in [2.45, 2.75) is 31.4 Å². The van der Waals surface area contributed by atoms with Crippen LogP contribution in [0, 0.1) is 0 Å². The maximum absolute atomic E-state index is 12.1. The fourth-order valence-electron chi connectivity index (χ4n) is 2.83. The molecule has 0 aliphatic heterocycles.